The summed E-state index contributed by atoms with van der Waals surface area (Å²) in [5, 5.41) is 12.4. The van der Waals surface area contributed by atoms with E-state index in [1.807, 2.05) is 0 Å². The Morgan fingerprint density at radius 3 is 2.29 bits per heavy atom. The molecule has 0 atom stereocenters. The molecule has 0 aromatic carbocycles. The van der Waals surface area contributed by atoms with E-state index < -0.39 is 17.3 Å². The molecule has 1 amide bonds. The molecule has 1 aliphatic carbocycles. The molecule has 2 rings (SSSR count). The Kier molecular flexibility index (Phi) is 5.06. The quantitative estimate of drug-likeness (QED) is 0.831. The number of pyridine rings is 1. The van der Waals surface area contributed by atoms with Gasteiger partial charge in [0.25, 0.3) is 5.91 Å². The Balaban J connectivity index is 2.06. The highest BCUT2D eigenvalue weighted by atomic mass is 35.5. The van der Waals surface area contributed by atoms with Crippen molar-refractivity contribution in [1.82, 2.24) is 10.3 Å². The molecule has 1 saturated carbocycles. The normalized spacial score (nSPS) is 17.2. The molecule has 2 N–H and O–H groups in total. The number of carboxylic acids is 1. The van der Waals surface area contributed by atoms with Gasteiger partial charge in [-0.3, -0.25) is 9.59 Å². The number of halogens is 2. The standard InChI is InChI=1S/C14H16Cl2N2O3/c15-10-6-9(7-11(16)18-10)12(19)17-8-14(13(20)21)4-2-1-3-5-14/h6-7H,1-5,8H2,(H,17,19)(H,20,21). The lowest BCUT2D eigenvalue weighted by Crippen LogP contribution is -2.44. The second kappa shape index (κ2) is 6.62. The largest absolute Gasteiger partial charge is 0.481 e. The first-order valence-corrected chi connectivity index (χ1v) is 7.53. The van der Waals surface area contributed by atoms with Gasteiger partial charge in [0.15, 0.2) is 0 Å². The number of carbonyl (C=O) groups excluding carboxylic acids is 1. The number of aliphatic carboxylic acids is 1. The van der Waals surface area contributed by atoms with Crippen LogP contribution in [0.15, 0.2) is 12.1 Å². The Hall–Kier alpha value is -1.33. The first-order valence-electron chi connectivity index (χ1n) is 6.78. The number of hydrogen-bond donors (Lipinski definition) is 2. The number of aromatic nitrogens is 1. The smallest absolute Gasteiger partial charge is 0.311 e. The van der Waals surface area contributed by atoms with E-state index in [1.165, 1.54) is 12.1 Å². The van der Waals surface area contributed by atoms with E-state index in [-0.39, 0.29) is 22.4 Å². The van der Waals surface area contributed by atoms with Gasteiger partial charge in [-0.25, -0.2) is 4.98 Å². The monoisotopic (exact) mass is 330 g/mol. The number of rotatable bonds is 4. The molecule has 114 valence electrons. The summed E-state index contributed by atoms with van der Waals surface area (Å²) >= 11 is 11.5. The molecule has 1 fully saturated rings. The van der Waals surface area contributed by atoms with Gasteiger partial charge in [0, 0.05) is 12.1 Å². The molecule has 7 heteroatoms. The van der Waals surface area contributed by atoms with Crippen molar-refractivity contribution in [2.75, 3.05) is 6.54 Å². The molecule has 0 aliphatic heterocycles. The maximum Gasteiger partial charge on any atom is 0.311 e. The van der Waals surface area contributed by atoms with Crippen molar-refractivity contribution in [3.8, 4) is 0 Å². The summed E-state index contributed by atoms with van der Waals surface area (Å²) in [4.78, 5) is 27.4. The molecule has 1 heterocycles. The molecule has 0 saturated heterocycles. The fourth-order valence-electron chi connectivity index (χ4n) is 2.64. The van der Waals surface area contributed by atoms with E-state index in [9.17, 15) is 14.7 Å². The molecule has 1 aromatic heterocycles. The summed E-state index contributed by atoms with van der Waals surface area (Å²) in [6.07, 6.45) is 3.95. The van der Waals surface area contributed by atoms with E-state index in [0.29, 0.717) is 12.8 Å². The van der Waals surface area contributed by atoms with E-state index in [0.717, 1.165) is 19.3 Å². The second-order valence-electron chi connectivity index (χ2n) is 5.33. The maximum absolute atomic E-state index is 12.1. The van der Waals surface area contributed by atoms with Crippen molar-refractivity contribution in [1.29, 1.82) is 0 Å². The highest BCUT2D eigenvalue weighted by Gasteiger charge is 2.39. The van der Waals surface area contributed by atoms with Crippen LogP contribution in [-0.4, -0.2) is 28.5 Å². The van der Waals surface area contributed by atoms with E-state index in [2.05, 4.69) is 10.3 Å². The minimum absolute atomic E-state index is 0.110. The van der Waals surface area contributed by atoms with Crippen LogP contribution in [0, 0.1) is 5.41 Å². The molecule has 0 bridgehead atoms. The van der Waals surface area contributed by atoms with Gasteiger partial charge in [-0.05, 0) is 25.0 Å². The second-order valence-corrected chi connectivity index (χ2v) is 6.10. The molecule has 1 aliphatic rings. The predicted octanol–water partition coefficient (Wildman–Crippen LogP) is 3.15. The Bertz CT molecular complexity index is 537. The summed E-state index contributed by atoms with van der Waals surface area (Å²) in [7, 11) is 0. The Morgan fingerprint density at radius 1 is 1.19 bits per heavy atom. The van der Waals surface area contributed by atoms with Crippen LogP contribution in [0.4, 0.5) is 0 Å². The van der Waals surface area contributed by atoms with Gasteiger partial charge in [-0.1, -0.05) is 42.5 Å². The summed E-state index contributed by atoms with van der Waals surface area (Å²) in [6, 6.07) is 2.80. The topological polar surface area (TPSA) is 79.3 Å². The number of nitrogens with one attached hydrogen (secondary N) is 1. The van der Waals surface area contributed by atoms with Crippen molar-refractivity contribution >= 4 is 35.1 Å². The van der Waals surface area contributed by atoms with Gasteiger partial charge in [0.05, 0.1) is 5.41 Å². The van der Waals surface area contributed by atoms with Gasteiger partial charge in [0.1, 0.15) is 10.3 Å². The fourth-order valence-corrected chi connectivity index (χ4v) is 3.10. The third-order valence-electron chi connectivity index (χ3n) is 3.88. The zero-order valence-electron chi connectivity index (χ0n) is 11.4. The van der Waals surface area contributed by atoms with Crippen molar-refractivity contribution < 1.29 is 14.7 Å². The average Bonchev–Trinajstić information content (AvgIpc) is 2.44. The average molecular weight is 331 g/mol. The van der Waals surface area contributed by atoms with Crippen LogP contribution in [0.5, 0.6) is 0 Å². The summed E-state index contributed by atoms with van der Waals surface area (Å²) < 4.78 is 0. The van der Waals surface area contributed by atoms with Crippen molar-refractivity contribution in [2.45, 2.75) is 32.1 Å². The van der Waals surface area contributed by atoms with Crippen LogP contribution in [0.25, 0.3) is 0 Å². The number of nitrogens with zero attached hydrogens (tertiary/aromatic N) is 1. The van der Waals surface area contributed by atoms with E-state index in [4.69, 9.17) is 23.2 Å². The van der Waals surface area contributed by atoms with Crippen molar-refractivity contribution in [2.24, 2.45) is 5.41 Å². The number of amides is 1. The van der Waals surface area contributed by atoms with Gasteiger partial charge >= 0.3 is 5.97 Å². The molecule has 21 heavy (non-hydrogen) atoms. The first-order chi connectivity index (χ1) is 9.93. The summed E-state index contributed by atoms with van der Waals surface area (Å²) in [5.74, 6) is -1.25. The number of carbonyl (C=O) groups is 2. The maximum atomic E-state index is 12.1. The lowest BCUT2D eigenvalue weighted by Gasteiger charge is -2.33. The molecule has 0 spiro atoms. The Labute approximate surface area is 132 Å². The first kappa shape index (κ1) is 16.0. The lowest BCUT2D eigenvalue weighted by atomic mass is 9.74. The molecule has 1 aromatic rings. The minimum atomic E-state index is -0.867. The minimum Gasteiger partial charge on any atom is -0.481 e. The van der Waals surface area contributed by atoms with Crippen LogP contribution in [0.1, 0.15) is 42.5 Å². The molecule has 0 radical (unpaired) electrons. The van der Waals surface area contributed by atoms with Gasteiger partial charge in [0.2, 0.25) is 0 Å². The number of hydrogen-bond acceptors (Lipinski definition) is 3. The number of carboxylic acid groups (broad SMARTS) is 1. The van der Waals surface area contributed by atoms with Crippen LogP contribution in [-0.2, 0) is 4.79 Å². The summed E-state index contributed by atoms with van der Waals surface area (Å²) in [6.45, 7) is 0.110. The fraction of sp³-hybridized carbons (Fsp3) is 0.500. The predicted molar refractivity (Wildman–Crippen MR) is 79.7 cm³/mol. The molecular formula is C14H16Cl2N2O3. The van der Waals surface area contributed by atoms with Crippen LogP contribution < -0.4 is 5.32 Å². The molecule has 0 unspecified atom stereocenters. The summed E-state index contributed by atoms with van der Waals surface area (Å²) in [5.41, 5.74) is -0.592. The van der Waals surface area contributed by atoms with Gasteiger partial charge in [-0.15, -0.1) is 0 Å². The zero-order chi connectivity index (χ0) is 15.5. The third-order valence-corrected chi connectivity index (χ3v) is 4.26. The van der Waals surface area contributed by atoms with E-state index >= 15 is 0 Å². The van der Waals surface area contributed by atoms with Crippen molar-refractivity contribution in [3.05, 3.63) is 28.0 Å². The molecular weight excluding hydrogens is 315 g/mol. The van der Waals surface area contributed by atoms with E-state index in [1.54, 1.807) is 0 Å². The highest BCUT2D eigenvalue weighted by molar-refractivity contribution is 6.33. The Morgan fingerprint density at radius 2 is 1.76 bits per heavy atom. The van der Waals surface area contributed by atoms with Gasteiger partial charge < -0.3 is 10.4 Å². The van der Waals surface area contributed by atoms with Crippen LogP contribution in [0.2, 0.25) is 10.3 Å². The highest BCUT2D eigenvalue weighted by Crippen LogP contribution is 2.36. The zero-order valence-corrected chi connectivity index (χ0v) is 12.9. The molecule has 5 nitrogen and oxygen atoms in total. The lowest BCUT2D eigenvalue weighted by molar-refractivity contribution is -0.150. The van der Waals surface area contributed by atoms with Gasteiger partial charge in [-0.2, -0.15) is 0 Å². The SMILES string of the molecule is O=C(NCC1(C(=O)O)CCCCC1)c1cc(Cl)nc(Cl)c1. The van der Waals surface area contributed by atoms with Crippen LogP contribution in [0.3, 0.4) is 0 Å². The van der Waals surface area contributed by atoms with Crippen LogP contribution >= 0.6 is 23.2 Å². The van der Waals surface area contributed by atoms with Crippen molar-refractivity contribution in [3.63, 3.8) is 0 Å². The third kappa shape index (κ3) is 3.86.